The summed E-state index contributed by atoms with van der Waals surface area (Å²) in [4.78, 5) is 16.0. The maximum Gasteiger partial charge on any atom is 0.433 e. The molecule has 0 saturated heterocycles. The van der Waals surface area contributed by atoms with Crippen LogP contribution in [-0.4, -0.2) is 23.7 Å². The molecule has 1 aliphatic rings. The normalized spacial score (nSPS) is 16.1. The number of esters is 1. The monoisotopic (exact) mass is 405 g/mol. The van der Waals surface area contributed by atoms with Gasteiger partial charge in [-0.25, -0.2) is 9.78 Å². The van der Waals surface area contributed by atoms with Crippen LogP contribution < -0.4 is 4.74 Å². The predicted octanol–water partition coefficient (Wildman–Crippen LogP) is 4.88. The number of alkyl halides is 3. The summed E-state index contributed by atoms with van der Waals surface area (Å²) < 4.78 is 55.3. The van der Waals surface area contributed by atoms with Crippen molar-refractivity contribution in [1.29, 1.82) is 0 Å². The van der Waals surface area contributed by atoms with E-state index >= 15 is 0 Å². The van der Waals surface area contributed by atoms with Crippen LogP contribution in [-0.2, 0) is 23.8 Å². The number of hydrogen-bond donors (Lipinski definition) is 0. The number of hydrogen-bond acceptors (Lipinski definition) is 5. The first-order valence-corrected chi connectivity index (χ1v) is 9.19. The van der Waals surface area contributed by atoms with Gasteiger partial charge in [-0.1, -0.05) is 6.07 Å². The molecule has 0 amide bonds. The SMILES string of the molecule is CCOC(=O)c1c(C)oc2ccc(OC3Cc4ccc(C(F)(F)F)nc4C3)cc12. The number of rotatable bonds is 4. The van der Waals surface area contributed by atoms with E-state index < -0.39 is 17.8 Å². The Bertz CT molecular complexity index is 1090. The third-order valence-corrected chi connectivity index (χ3v) is 4.85. The zero-order valence-electron chi connectivity index (χ0n) is 15.8. The lowest BCUT2D eigenvalue weighted by molar-refractivity contribution is -0.141. The molecule has 29 heavy (non-hydrogen) atoms. The second-order valence-electron chi connectivity index (χ2n) is 6.86. The number of nitrogens with zero attached hydrogens (tertiary/aromatic N) is 1. The molecule has 1 unspecified atom stereocenters. The summed E-state index contributed by atoms with van der Waals surface area (Å²) in [6.07, 6.45) is -4.06. The van der Waals surface area contributed by atoms with Crippen LogP contribution in [0.5, 0.6) is 5.75 Å². The number of benzene rings is 1. The molecule has 4 rings (SSSR count). The van der Waals surface area contributed by atoms with Gasteiger partial charge in [-0.3, -0.25) is 0 Å². The first-order chi connectivity index (χ1) is 13.8. The number of aryl methyl sites for hydroxylation is 1. The van der Waals surface area contributed by atoms with Gasteiger partial charge in [0.25, 0.3) is 0 Å². The van der Waals surface area contributed by atoms with Crippen LogP contribution in [0.3, 0.4) is 0 Å². The van der Waals surface area contributed by atoms with E-state index in [0.29, 0.717) is 40.2 Å². The molecule has 0 bridgehead atoms. The Labute approximate surface area is 164 Å². The quantitative estimate of drug-likeness (QED) is 0.579. The van der Waals surface area contributed by atoms with Gasteiger partial charge in [0.15, 0.2) is 0 Å². The zero-order valence-corrected chi connectivity index (χ0v) is 15.8. The molecule has 2 heterocycles. The molecule has 0 fully saturated rings. The summed E-state index contributed by atoms with van der Waals surface area (Å²) >= 11 is 0. The summed E-state index contributed by atoms with van der Waals surface area (Å²) in [5.41, 5.74) is 1.13. The van der Waals surface area contributed by atoms with Crippen molar-refractivity contribution >= 4 is 16.9 Å². The molecular formula is C21H18F3NO4. The lowest BCUT2D eigenvalue weighted by Crippen LogP contribution is -2.16. The van der Waals surface area contributed by atoms with Crippen molar-refractivity contribution in [2.24, 2.45) is 0 Å². The van der Waals surface area contributed by atoms with Gasteiger partial charge in [-0.2, -0.15) is 13.2 Å². The van der Waals surface area contributed by atoms with E-state index in [0.717, 1.165) is 11.6 Å². The summed E-state index contributed by atoms with van der Waals surface area (Å²) in [6.45, 7) is 3.65. The number of pyridine rings is 1. The number of fused-ring (bicyclic) bond motifs is 2. The van der Waals surface area contributed by atoms with E-state index in [2.05, 4.69) is 4.98 Å². The molecule has 3 aromatic rings. The van der Waals surface area contributed by atoms with Gasteiger partial charge in [0, 0.05) is 23.9 Å². The number of ether oxygens (including phenoxy) is 2. The Hall–Kier alpha value is -3.03. The smallest absolute Gasteiger partial charge is 0.433 e. The highest BCUT2D eigenvalue weighted by Crippen LogP contribution is 2.33. The topological polar surface area (TPSA) is 61.6 Å². The van der Waals surface area contributed by atoms with Crippen LogP contribution in [0, 0.1) is 6.92 Å². The predicted molar refractivity (Wildman–Crippen MR) is 98.0 cm³/mol. The Morgan fingerprint density at radius 3 is 2.76 bits per heavy atom. The second kappa shape index (κ2) is 7.09. The maximum atomic E-state index is 12.9. The minimum absolute atomic E-state index is 0.244. The van der Waals surface area contributed by atoms with Crippen molar-refractivity contribution in [2.75, 3.05) is 6.61 Å². The molecular weight excluding hydrogens is 387 g/mol. The van der Waals surface area contributed by atoms with Crippen LogP contribution in [0.25, 0.3) is 11.0 Å². The summed E-state index contributed by atoms with van der Waals surface area (Å²) in [6, 6.07) is 7.54. The van der Waals surface area contributed by atoms with Gasteiger partial charge < -0.3 is 13.9 Å². The van der Waals surface area contributed by atoms with Gasteiger partial charge in [0.2, 0.25) is 0 Å². The highest BCUT2D eigenvalue weighted by atomic mass is 19.4. The van der Waals surface area contributed by atoms with Crippen molar-refractivity contribution < 1.29 is 31.9 Å². The molecule has 5 nitrogen and oxygen atoms in total. The highest BCUT2D eigenvalue weighted by molar-refractivity contribution is 6.04. The third-order valence-electron chi connectivity index (χ3n) is 4.85. The Morgan fingerprint density at radius 2 is 2.03 bits per heavy atom. The van der Waals surface area contributed by atoms with Gasteiger partial charge in [0.05, 0.1) is 6.61 Å². The zero-order chi connectivity index (χ0) is 20.8. The van der Waals surface area contributed by atoms with Gasteiger partial charge in [-0.05, 0) is 43.7 Å². The molecule has 152 valence electrons. The summed E-state index contributed by atoms with van der Waals surface area (Å²) in [5, 5.41) is 0.575. The van der Waals surface area contributed by atoms with E-state index in [1.165, 1.54) is 6.07 Å². The molecule has 0 aliphatic heterocycles. The lowest BCUT2D eigenvalue weighted by atomic mass is 10.1. The summed E-state index contributed by atoms with van der Waals surface area (Å²) in [7, 11) is 0. The van der Waals surface area contributed by atoms with Crippen LogP contribution in [0.2, 0.25) is 0 Å². The molecule has 0 N–H and O–H groups in total. The Morgan fingerprint density at radius 1 is 1.24 bits per heavy atom. The van der Waals surface area contributed by atoms with Gasteiger partial charge in [-0.15, -0.1) is 0 Å². The first-order valence-electron chi connectivity index (χ1n) is 9.19. The molecule has 8 heteroatoms. The Kier molecular flexibility index (Phi) is 4.72. The van der Waals surface area contributed by atoms with E-state index in [9.17, 15) is 18.0 Å². The Balaban J connectivity index is 1.57. The van der Waals surface area contributed by atoms with E-state index in [1.807, 2.05) is 0 Å². The fourth-order valence-electron chi connectivity index (χ4n) is 3.59. The molecule has 0 radical (unpaired) electrons. The standard InChI is InChI=1S/C21H18F3NO4/c1-3-27-20(26)19-11(2)28-17-6-5-13(9-15(17)19)29-14-8-12-4-7-18(21(22,23)24)25-16(12)10-14/h4-7,9,14H,3,8,10H2,1-2H3. The number of furan rings is 1. The fraction of sp³-hybridized carbons (Fsp3) is 0.333. The first kappa shape index (κ1) is 19.3. The maximum absolute atomic E-state index is 12.9. The molecule has 0 spiro atoms. The molecule has 1 aliphatic carbocycles. The van der Waals surface area contributed by atoms with Crippen molar-refractivity contribution in [3.05, 3.63) is 58.6 Å². The fourth-order valence-corrected chi connectivity index (χ4v) is 3.59. The summed E-state index contributed by atoms with van der Waals surface area (Å²) in [5.74, 6) is 0.475. The van der Waals surface area contributed by atoms with Crippen molar-refractivity contribution in [3.63, 3.8) is 0 Å². The molecule has 2 aromatic heterocycles. The highest BCUT2D eigenvalue weighted by Gasteiger charge is 2.35. The average Bonchev–Trinajstić information content (AvgIpc) is 3.19. The van der Waals surface area contributed by atoms with E-state index in [4.69, 9.17) is 13.9 Å². The van der Waals surface area contributed by atoms with E-state index in [1.54, 1.807) is 32.0 Å². The minimum atomic E-state index is -4.47. The van der Waals surface area contributed by atoms with Crippen molar-refractivity contribution in [1.82, 2.24) is 4.98 Å². The second-order valence-corrected chi connectivity index (χ2v) is 6.86. The minimum Gasteiger partial charge on any atom is -0.490 e. The van der Waals surface area contributed by atoms with Gasteiger partial charge in [0.1, 0.15) is 34.5 Å². The molecule has 0 saturated carbocycles. The number of carbonyl (C=O) groups is 1. The van der Waals surface area contributed by atoms with Crippen LogP contribution in [0.4, 0.5) is 13.2 Å². The average molecular weight is 405 g/mol. The van der Waals surface area contributed by atoms with Crippen LogP contribution in [0.15, 0.2) is 34.7 Å². The van der Waals surface area contributed by atoms with Crippen molar-refractivity contribution in [3.8, 4) is 5.75 Å². The number of halogens is 3. The van der Waals surface area contributed by atoms with E-state index in [-0.39, 0.29) is 19.1 Å². The lowest BCUT2D eigenvalue weighted by Gasteiger charge is -2.13. The number of aromatic nitrogens is 1. The molecule has 1 aromatic carbocycles. The van der Waals surface area contributed by atoms with Crippen LogP contribution in [0.1, 0.15) is 40.0 Å². The van der Waals surface area contributed by atoms with Gasteiger partial charge >= 0.3 is 12.1 Å². The number of carbonyl (C=O) groups excluding carboxylic acids is 1. The van der Waals surface area contributed by atoms with Crippen LogP contribution >= 0.6 is 0 Å². The van der Waals surface area contributed by atoms with Crippen molar-refractivity contribution in [2.45, 2.75) is 39.0 Å². The molecule has 1 atom stereocenters. The largest absolute Gasteiger partial charge is 0.490 e. The third kappa shape index (κ3) is 3.66.